The highest BCUT2D eigenvalue weighted by atomic mass is 15.1. The zero-order valence-corrected chi connectivity index (χ0v) is 9.65. The number of aromatic nitrogens is 4. The summed E-state index contributed by atoms with van der Waals surface area (Å²) in [6.45, 7) is 6.06. The van der Waals surface area contributed by atoms with Crippen molar-refractivity contribution in [2.45, 2.75) is 27.2 Å². The van der Waals surface area contributed by atoms with Crippen LogP contribution in [0.5, 0.6) is 0 Å². The van der Waals surface area contributed by atoms with E-state index in [9.17, 15) is 0 Å². The molecule has 82 valence electrons. The van der Waals surface area contributed by atoms with Crippen LogP contribution in [0.4, 0.5) is 5.82 Å². The van der Waals surface area contributed by atoms with Gasteiger partial charge in [0, 0.05) is 7.05 Å². The summed E-state index contributed by atoms with van der Waals surface area (Å²) in [6, 6.07) is 0. The van der Waals surface area contributed by atoms with Crippen molar-refractivity contribution >= 4 is 17.0 Å². The molecule has 0 aliphatic carbocycles. The fourth-order valence-electron chi connectivity index (χ4n) is 1.14. The molecule has 2 N–H and O–H groups in total. The topological polar surface area (TPSA) is 69.6 Å². The summed E-state index contributed by atoms with van der Waals surface area (Å²) >= 11 is 0. The monoisotopic (exact) mass is 207 g/mol. The molecule has 2 heterocycles. The van der Waals surface area contributed by atoms with Gasteiger partial charge in [0.1, 0.15) is 11.3 Å². The summed E-state index contributed by atoms with van der Waals surface area (Å²) in [7, 11) is 1.88. The second-order valence-electron chi connectivity index (χ2n) is 3.39. The normalized spacial score (nSPS) is 9.87. The van der Waals surface area contributed by atoms with Gasteiger partial charge in [-0.25, -0.2) is 15.0 Å². The minimum absolute atomic E-state index is 0.443. The molecule has 0 bridgehead atoms. The summed E-state index contributed by atoms with van der Waals surface area (Å²) in [6.07, 6.45) is 2.93. The fourth-order valence-corrected chi connectivity index (χ4v) is 1.14. The molecule has 2 aromatic heterocycles. The van der Waals surface area contributed by atoms with Crippen molar-refractivity contribution in [3.05, 3.63) is 12.2 Å². The molecule has 0 aliphatic rings. The van der Waals surface area contributed by atoms with Gasteiger partial charge in [-0.05, 0) is 6.92 Å². The van der Waals surface area contributed by atoms with E-state index >= 15 is 0 Å². The maximum Gasteiger partial charge on any atom is 0.165 e. The van der Waals surface area contributed by atoms with E-state index in [2.05, 4.69) is 28.8 Å². The molecule has 0 saturated carbocycles. The summed E-state index contributed by atoms with van der Waals surface area (Å²) in [5.41, 5.74) is 7.09. The maximum absolute atomic E-state index is 5.64. The van der Waals surface area contributed by atoms with Gasteiger partial charge in [-0.2, -0.15) is 0 Å². The quantitative estimate of drug-likeness (QED) is 0.713. The molecule has 0 saturated heterocycles. The Bertz CT molecular complexity index is 446. The number of nitrogens with two attached hydrogens (primary N) is 1. The highest BCUT2D eigenvalue weighted by Crippen LogP contribution is 2.13. The van der Waals surface area contributed by atoms with Crippen molar-refractivity contribution in [2.24, 2.45) is 7.05 Å². The van der Waals surface area contributed by atoms with Gasteiger partial charge < -0.3 is 10.3 Å². The predicted octanol–water partition coefficient (Wildman–Crippen LogP) is 1.67. The largest absolute Gasteiger partial charge is 0.382 e. The zero-order valence-electron chi connectivity index (χ0n) is 9.65. The van der Waals surface area contributed by atoms with Crippen LogP contribution >= 0.6 is 0 Å². The van der Waals surface area contributed by atoms with Crippen LogP contribution in [0.1, 0.15) is 26.1 Å². The van der Waals surface area contributed by atoms with Crippen molar-refractivity contribution in [3.63, 3.8) is 0 Å². The van der Waals surface area contributed by atoms with Gasteiger partial charge in [0.15, 0.2) is 11.5 Å². The van der Waals surface area contributed by atoms with Gasteiger partial charge >= 0.3 is 0 Å². The van der Waals surface area contributed by atoms with Crippen LogP contribution in [0.15, 0.2) is 6.33 Å². The van der Waals surface area contributed by atoms with E-state index in [1.54, 1.807) is 6.33 Å². The first-order chi connectivity index (χ1) is 7.10. The van der Waals surface area contributed by atoms with Crippen molar-refractivity contribution in [1.82, 2.24) is 19.5 Å². The predicted molar refractivity (Wildman–Crippen MR) is 61.4 cm³/mol. The van der Waals surface area contributed by atoms with Crippen molar-refractivity contribution in [1.29, 1.82) is 0 Å². The van der Waals surface area contributed by atoms with Crippen LogP contribution in [0, 0.1) is 6.92 Å². The first kappa shape index (κ1) is 11.4. The van der Waals surface area contributed by atoms with Gasteiger partial charge in [-0.15, -0.1) is 0 Å². The molecule has 5 heteroatoms. The molecule has 15 heavy (non-hydrogen) atoms. The van der Waals surface area contributed by atoms with Crippen LogP contribution in [-0.2, 0) is 7.05 Å². The lowest BCUT2D eigenvalue weighted by molar-refractivity contribution is 0.920. The van der Waals surface area contributed by atoms with E-state index in [0.29, 0.717) is 17.2 Å². The molecule has 0 atom stereocenters. The Kier molecular flexibility index (Phi) is 3.60. The van der Waals surface area contributed by atoms with Crippen LogP contribution in [0.2, 0.25) is 0 Å². The SMILES string of the molecule is CCC.Cc1nc(N)c2ncn(C)c2n1. The summed E-state index contributed by atoms with van der Waals surface area (Å²) in [5.74, 6) is 1.11. The van der Waals surface area contributed by atoms with E-state index < -0.39 is 0 Å². The first-order valence-corrected chi connectivity index (χ1v) is 5.01. The Morgan fingerprint density at radius 3 is 2.53 bits per heavy atom. The molecule has 0 unspecified atom stereocenters. The molecule has 0 aliphatic heterocycles. The van der Waals surface area contributed by atoms with Gasteiger partial charge in [0.2, 0.25) is 0 Å². The number of anilines is 1. The average molecular weight is 207 g/mol. The molecule has 2 rings (SSSR count). The zero-order chi connectivity index (χ0) is 11.4. The average Bonchev–Trinajstić information content (AvgIpc) is 2.49. The Morgan fingerprint density at radius 1 is 1.33 bits per heavy atom. The van der Waals surface area contributed by atoms with E-state index in [1.165, 1.54) is 6.42 Å². The van der Waals surface area contributed by atoms with Crippen LogP contribution in [-0.4, -0.2) is 19.5 Å². The molecule has 0 fully saturated rings. The standard InChI is InChI=1S/C7H9N5.C3H8/c1-4-10-6(8)5-7(11-4)12(2)3-9-5;1-3-2/h3H,1-2H3,(H2,8,10,11);3H2,1-2H3. The smallest absolute Gasteiger partial charge is 0.165 e. The van der Waals surface area contributed by atoms with Gasteiger partial charge in [0.25, 0.3) is 0 Å². The minimum Gasteiger partial charge on any atom is -0.382 e. The number of fused-ring (bicyclic) bond motifs is 1. The van der Waals surface area contributed by atoms with Gasteiger partial charge in [0.05, 0.1) is 6.33 Å². The number of imidazole rings is 1. The third-order valence-corrected chi connectivity index (χ3v) is 1.70. The first-order valence-electron chi connectivity index (χ1n) is 5.01. The number of nitrogens with zero attached hydrogens (tertiary/aromatic N) is 4. The van der Waals surface area contributed by atoms with E-state index in [-0.39, 0.29) is 0 Å². The third kappa shape index (κ3) is 2.43. The molecule has 5 nitrogen and oxygen atoms in total. The van der Waals surface area contributed by atoms with E-state index in [1.807, 2.05) is 18.5 Å². The van der Waals surface area contributed by atoms with Crippen molar-refractivity contribution in [3.8, 4) is 0 Å². The number of nitrogen functional groups attached to an aromatic ring is 1. The van der Waals surface area contributed by atoms with Gasteiger partial charge in [-0.3, -0.25) is 0 Å². The summed E-state index contributed by atoms with van der Waals surface area (Å²) in [5, 5.41) is 0. The van der Waals surface area contributed by atoms with Crippen LogP contribution in [0.25, 0.3) is 11.2 Å². The molecule has 0 amide bonds. The fraction of sp³-hybridized carbons (Fsp3) is 0.500. The Labute approximate surface area is 89.4 Å². The van der Waals surface area contributed by atoms with Crippen molar-refractivity contribution < 1.29 is 0 Å². The number of hydrogen-bond donors (Lipinski definition) is 1. The van der Waals surface area contributed by atoms with E-state index in [4.69, 9.17) is 5.73 Å². The number of rotatable bonds is 0. The Balaban J connectivity index is 0.000000337. The summed E-state index contributed by atoms with van der Waals surface area (Å²) in [4.78, 5) is 12.3. The van der Waals surface area contributed by atoms with Crippen LogP contribution < -0.4 is 5.73 Å². The Hall–Kier alpha value is -1.65. The lowest BCUT2D eigenvalue weighted by Gasteiger charge is -1.97. The van der Waals surface area contributed by atoms with Crippen LogP contribution in [0.3, 0.4) is 0 Å². The molecular weight excluding hydrogens is 190 g/mol. The van der Waals surface area contributed by atoms with Crippen molar-refractivity contribution in [2.75, 3.05) is 5.73 Å². The summed E-state index contributed by atoms with van der Waals surface area (Å²) < 4.78 is 1.82. The highest BCUT2D eigenvalue weighted by Gasteiger charge is 2.06. The molecule has 0 radical (unpaired) electrons. The third-order valence-electron chi connectivity index (χ3n) is 1.70. The second kappa shape index (κ2) is 4.72. The number of hydrogen-bond acceptors (Lipinski definition) is 4. The lowest BCUT2D eigenvalue weighted by atomic mass is 10.5. The number of aryl methyl sites for hydroxylation is 2. The molecule has 0 spiro atoms. The Morgan fingerprint density at radius 2 is 1.93 bits per heavy atom. The molecular formula is C10H17N5. The van der Waals surface area contributed by atoms with E-state index in [0.717, 1.165) is 5.65 Å². The second-order valence-corrected chi connectivity index (χ2v) is 3.39. The maximum atomic E-state index is 5.64. The van der Waals surface area contributed by atoms with Gasteiger partial charge in [-0.1, -0.05) is 20.3 Å². The lowest BCUT2D eigenvalue weighted by Crippen LogP contribution is -1.98. The minimum atomic E-state index is 0.443. The molecule has 0 aromatic carbocycles. The molecule has 2 aromatic rings. The highest BCUT2D eigenvalue weighted by molar-refractivity contribution is 5.81.